The Kier molecular flexibility index (Phi) is 5.28. The van der Waals surface area contributed by atoms with Gasteiger partial charge in [0.15, 0.2) is 0 Å². The first-order valence-corrected chi connectivity index (χ1v) is 7.22. The molecule has 1 amide bonds. The first-order valence-electron chi connectivity index (χ1n) is 6.46. The molecule has 1 aromatic heterocycles. The van der Waals surface area contributed by atoms with E-state index in [-0.39, 0.29) is 11.9 Å². The highest BCUT2D eigenvalue weighted by molar-refractivity contribution is 6.44. The van der Waals surface area contributed by atoms with Crippen LogP contribution in [-0.4, -0.2) is 23.9 Å². The van der Waals surface area contributed by atoms with Crippen molar-refractivity contribution in [1.29, 1.82) is 0 Å². The molecule has 0 aliphatic heterocycles. The Morgan fingerprint density at radius 2 is 2.10 bits per heavy atom. The van der Waals surface area contributed by atoms with Crippen LogP contribution in [0.15, 0.2) is 41.0 Å². The number of furan rings is 1. The average Bonchev–Trinajstić information content (AvgIpc) is 2.95. The van der Waals surface area contributed by atoms with Crippen molar-refractivity contribution in [1.82, 2.24) is 4.90 Å². The summed E-state index contributed by atoms with van der Waals surface area (Å²) >= 11 is 12.0. The SMILES string of the molecule is C[C@@H](C(=O)Nc1cccc(Cl)c1Cl)N(C)Cc1ccco1. The van der Waals surface area contributed by atoms with Crippen molar-refractivity contribution in [2.45, 2.75) is 19.5 Å². The summed E-state index contributed by atoms with van der Waals surface area (Å²) in [5.74, 6) is 0.645. The van der Waals surface area contributed by atoms with Crippen molar-refractivity contribution in [3.05, 3.63) is 52.4 Å². The van der Waals surface area contributed by atoms with E-state index < -0.39 is 0 Å². The molecular formula is C15H16Cl2N2O2. The highest BCUT2D eigenvalue weighted by Gasteiger charge is 2.20. The van der Waals surface area contributed by atoms with Crippen LogP contribution in [0.1, 0.15) is 12.7 Å². The van der Waals surface area contributed by atoms with Gasteiger partial charge in [-0.05, 0) is 38.2 Å². The molecule has 2 aromatic rings. The van der Waals surface area contributed by atoms with E-state index in [4.69, 9.17) is 27.6 Å². The van der Waals surface area contributed by atoms with Crippen LogP contribution in [-0.2, 0) is 11.3 Å². The van der Waals surface area contributed by atoms with Gasteiger partial charge in [0.1, 0.15) is 5.76 Å². The monoisotopic (exact) mass is 326 g/mol. The second kappa shape index (κ2) is 6.98. The molecule has 0 radical (unpaired) electrons. The maximum atomic E-state index is 12.3. The summed E-state index contributed by atoms with van der Waals surface area (Å²) in [7, 11) is 1.85. The molecule has 4 nitrogen and oxygen atoms in total. The summed E-state index contributed by atoms with van der Waals surface area (Å²) in [6.45, 7) is 2.36. The number of likely N-dealkylation sites (N-methyl/N-ethyl adjacent to an activating group) is 1. The highest BCUT2D eigenvalue weighted by atomic mass is 35.5. The van der Waals surface area contributed by atoms with Crippen LogP contribution >= 0.6 is 23.2 Å². The predicted octanol–water partition coefficient (Wildman–Crippen LogP) is 4.05. The number of nitrogens with zero attached hydrogens (tertiary/aromatic N) is 1. The zero-order chi connectivity index (χ0) is 15.4. The number of hydrogen-bond donors (Lipinski definition) is 1. The minimum Gasteiger partial charge on any atom is -0.468 e. The molecule has 1 atom stereocenters. The van der Waals surface area contributed by atoms with Crippen molar-refractivity contribution in [2.75, 3.05) is 12.4 Å². The molecule has 0 fully saturated rings. The molecule has 0 aliphatic carbocycles. The van der Waals surface area contributed by atoms with Crippen LogP contribution in [0.3, 0.4) is 0 Å². The normalized spacial score (nSPS) is 12.4. The fraction of sp³-hybridized carbons (Fsp3) is 0.267. The van der Waals surface area contributed by atoms with Gasteiger partial charge in [-0.25, -0.2) is 0 Å². The van der Waals surface area contributed by atoms with E-state index in [1.807, 2.05) is 31.0 Å². The van der Waals surface area contributed by atoms with E-state index in [0.29, 0.717) is 22.3 Å². The van der Waals surface area contributed by atoms with Crippen LogP contribution < -0.4 is 5.32 Å². The van der Waals surface area contributed by atoms with Crippen molar-refractivity contribution in [3.63, 3.8) is 0 Å². The fourth-order valence-electron chi connectivity index (χ4n) is 1.82. The molecule has 0 bridgehead atoms. The fourth-order valence-corrected chi connectivity index (χ4v) is 2.17. The molecule has 0 unspecified atom stereocenters. The third-order valence-corrected chi connectivity index (χ3v) is 4.05. The van der Waals surface area contributed by atoms with E-state index >= 15 is 0 Å². The van der Waals surface area contributed by atoms with Crippen LogP contribution in [0.25, 0.3) is 0 Å². The van der Waals surface area contributed by atoms with Gasteiger partial charge in [-0.2, -0.15) is 0 Å². The van der Waals surface area contributed by atoms with Gasteiger partial charge in [-0.15, -0.1) is 0 Å². The Morgan fingerprint density at radius 3 is 2.76 bits per heavy atom. The number of hydrogen-bond acceptors (Lipinski definition) is 3. The van der Waals surface area contributed by atoms with Crippen molar-refractivity contribution < 1.29 is 9.21 Å². The number of anilines is 1. The number of rotatable bonds is 5. The van der Waals surface area contributed by atoms with Crippen molar-refractivity contribution >= 4 is 34.8 Å². The summed E-state index contributed by atoms with van der Waals surface area (Å²) in [4.78, 5) is 14.1. The van der Waals surface area contributed by atoms with Crippen LogP contribution in [0.2, 0.25) is 10.0 Å². The van der Waals surface area contributed by atoms with Gasteiger partial charge in [-0.1, -0.05) is 29.3 Å². The molecule has 0 aliphatic rings. The summed E-state index contributed by atoms with van der Waals surface area (Å²) in [6.07, 6.45) is 1.61. The van der Waals surface area contributed by atoms with Gasteiger partial charge in [0, 0.05) is 0 Å². The molecule has 0 saturated carbocycles. The van der Waals surface area contributed by atoms with E-state index in [1.165, 1.54) is 0 Å². The summed E-state index contributed by atoms with van der Waals surface area (Å²) in [5, 5.41) is 3.53. The zero-order valence-electron chi connectivity index (χ0n) is 11.8. The lowest BCUT2D eigenvalue weighted by Crippen LogP contribution is -2.39. The van der Waals surface area contributed by atoms with Gasteiger partial charge < -0.3 is 9.73 Å². The number of benzene rings is 1. The Labute approximate surface area is 133 Å². The molecule has 1 aromatic carbocycles. The smallest absolute Gasteiger partial charge is 0.241 e. The summed E-state index contributed by atoms with van der Waals surface area (Å²) in [6, 6.07) is 8.47. The number of carbonyl (C=O) groups is 1. The maximum Gasteiger partial charge on any atom is 0.241 e. The van der Waals surface area contributed by atoms with Crippen LogP contribution in [0, 0.1) is 0 Å². The van der Waals surface area contributed by atoms with Crippen molar-refractivity contribution in [3.8, 4) is 0 Å². The second-order valence-electron chi connectivity index (χ2n) is 4.76. The summed E-state index contributed by atoms with van der Waals surface area (Å²) in [5.41, 5.74) is 0.507. The molecule has 21 heavy (non-hydrogen) atoms. The van der Waals surface area contributed by atoms with E-state index in [2.05, 4.69) is 5.32 Å². The van der Waals surface area contributed by atoms with Gasteiger partial charge in [0.05, 0.1) is 34.6 Å². The Bertz CT molecular complexity index is 614. The van der Waals surface area contributed by atoms with E-state index in [1.54, 1.807) is 24.5 Å². The third-order valence-electron chi connectivity index (χ3n) is 3.24. The minimum absolute atomic E-state index is 0.159. The van der Waals surface area contributed by atoms with Crippen LogP contribution in [0.5, 0.6) is 0 Å². The lowest BCUT2D eigenvalue weighted by atomic mass is 10.2. The highest BCUT2D eigenvalue weighted by Crippen LogP contribution is 2.29. The predicted molar refractivity (Wildman–Crippen MR) is 84.7 cm³/mol. The minimum atomic E-state index is -0.342. The molecule has 6 heteroatoms. The standard InChI is InChI=1S/C15H16Cl2N2O2/c1-10(19(2)9-11-5-4-8-21-11)15(20)18-13-7-3-6-12(16)14(13)17/h3-8,10H,9H2,1-2H3,(H,18,20)/t10-/m0/s1. The lowest BCUT2D eigenvalue weighted by Gasteiger charge is -2.23. The molecule has 0 spiro atoms. The van der Waals surface area contributed by atoms with Gasteiger partial charge in [-0.3, -0.25) is 9.69 Å². The summed E-state index contributed by atoms with van der Waals surface area (Å²) < 4.78 is 5.28. The number of nitrogens with one attached hydrogen (secondary N) is 1. The van der Waals surface area contributed by atoms with Gasteiger partial charge in [0.25, 0.3) is 0 Å². The van der Waals surface area contributed by atoms with Crippen LogP contribution in [0.4, 0.5) is 5.69 Å². The topological polar surface area (TPSA) is 45.5 Å². The Morgan fingerprint density at radius 1 is 1.33 bits per heavy atom. The molecule has 2 rings (SSSR count). The van der Waals surface area contributed by atoms with E-state index in [0.717, 1.165) is 5.76 Å². The maximum absolute atomic E-state index is 12.3. The third kappa shape index (κ3) is 4.00. The number of amides is 1. The molecule has 0 saturated heterocycles. The van der Waals surface area contributed by atoms with Gasteiger partial charge >= 0.3 is 0 Å². The zero-order valence-corrected chi connectivity index (χ0v) is 13.3. The van der Waals surface area contributed by atoms with E-state index in [9.17, 15) is 4.79 Å². The first kappa shape index (κ1) is 15.9. The number of carbonyl (C=O) groups excluding carboxylic acids is 1. The lowest BCUT2D eigenvalue weighted by molar-refractivity contribution is -0.120. The second-order valence-corrected chi connectivity index (χ2v) is 5.55. The van der Waals surface area contributed by atoms with Gasteiger partial charge in [0.2, 0.25) is 5.91 Å². The quantitative estimate of drug-likeness (QED) is 0.901. The molecule has 1 heterocycles. The Hall–Kier alpha value is -1.49. The number of halogens is 2. The first-order chi connectivity index (χ1) is 9.99. The molecular weight excluding hydrogens is 311 g/mol. The molecule has 112 valence electrons. The largest absolute Gasteiger partial charge is 0.468 e. The molecule has 1 N–H and O–H groups in total. The van der Waals surface area contributed by atoms with Crippen molar-refractivity contribution in [2.24, 2.45) is 0 Å². The average molecular weight is 327 g/mol. The Balaban J connectivity index is 2.00.